The molecule has 1 aromatic carbocycles. The van der Waals surface area contributed by atoms with E-state index in [2.05, 4.69) is 5.32 Å². The van der Waals surface area contributed by atoms with Crippen LogP contribution in [0.25, 0.3) is 0 Å². The van der Waals surface area contributed by atoms with E-state index < -0.39 is 0 Å². The van der Waals surface area contributed by atoms with Crippen molar-refractivity contribution in [1.82, 2.24) is 5.32 Å². The number of aliphatic hydroxyl groups is 1. The molecule has 0 saturated heterocycles. The lowest BCUT2D eigenvalue weighted by Gasteiger charge is -2.29. The molecule has 0 saturated carbocycles. The predicted molar refractivity (Wildman–Crippen MR) is 73.3 cm³/mol. The molecule has 4 N–H and O–H groups in total. The number of rotatable bonds is 6. The van der Waals surface area contributed by atoms with E-state index in [0.717, 1.165) is 12.8 Å². The lowest BCUT2D eigenvalue weighted by atomic mass is 9.83. The standard InChI is InChI=1S/C14H22N2O2/c1-3-14(4-2,10-17)9-16-13(18)11-7-5-6-8-12(11)15/h5-8,17H,3-4,9-10,15H2,1-2H3,(H,16,18). The van der Waals surface area contributed by atoms with Crippen LogP contribution in [0, 0.1) is 5.41 Å². The summed E-state index contributed by atoms with van der Waals surface area (Å²) in [6.07, 6.45) is 1.65. The number of nitrogen functional groups attached to an aromatic ring is 1. The number of hydrogen-bond acceptors (Lipinski definition) is 3. The average molecular weight is 250 g/mol. The van der Waals surface area contributed by atoms with Crippen LogP contribution in [0.5, 0.6) is 0 Å². The van der Waals surface area contributed by atoms with Crippen LogP contribution in [0.15, 0.2) is 24.3 Å². The maximum atomic E-state index is 12.0. The van der Waals surface area contributed by atoms with Crippen LogP contribution in [0.1, 0.15) is 37.0 Å². The van der Waals surface area contributed by atoms with Crippen LogP contribution in [0.3, 0.4) is 0 Å². The molecule has 4 heteroatoms. The van der Waals surface area contributed by atoms with Gasteiger partial charge in [0.05, 0.1) is 12.2 Å². The van der Waals surface area contributed by atoms with Crippen molar-refractivity contribution in [1.29, 1.82) is 0 Å². The number of carbonyl (C=O) groups is 1. The van der Waals surface area contributed by atoms with Gasteiger partial charge in [-0.1, -0.05) is 26.0 Å². The zero-order valence-electron chi connectivity index (χ0n) is 11.1. The zero-order valence-corrected chi connectivity index (χ0v) is 11.1. The predicted octanol–water partition coefficient (Wildman–Crippen LogP) is 1.80. The number of aliphatic hydroxyl groups excluding tert-OH is 1. The third-order valence-electron chi connectivity index (χ3n) is 3.66. The molecule has 0 unspecified atom stereocenters. The molecule has 0 aliphatic rings. The van der Waals surface area contributed by atoms with E-state index >= 15 is 0 Å². The van der Waals surface area contributed by atoms with Gasteiger partial charge in [-0.2, -0.15) is 0 Å². The minimum Gasteiger partial charge on any atom is -0.398 e. The number of hydrogen-bond donors (Lipinski definition) is 3. The first-order chi connectivity index (χ1) is 8.58. The summed E-state index contributed by atoms with van der Waals surface area (Å²) in [5.74, 6) is -0.187. The van der Waals surface area contributed by atoms with E-state index in [-0.39, 0.29) is 17.9 Å². The number of nitrogens with two attached hydrogens (primary N) is 1. The molecule has 0 heterocycles. The summed E-state index contributed by atoms with van der Waals surface area (Å²) in [5, 5.41) is 12.3. The normalized spacial score (nSPS) is 11.3. The SMILES string of the molecule is CCC(CC)(CO)CNC(=O)c1ccccc1N. The van der Waals surface area contributed by atoms with Gasteiger partial charge < -0.3 is 16.2 Å². The first-order valence-electron chi connectivity index (χ1n) is 6.32. The largest absolute Gasteiger partial charge is 0.398 e. The second-order valence-corrected chi connectivity index (χ2v) is 4.64. The highest BCUT2D eigenvalue weighted by Gasteiger charge is 2.26. The van der Waals surface area contributed by atoms with Crippen LogP contribution in [0.4, 0.5) is 5.69 Å². The van der Waals surface area contributed by atoms with Gasteiger partial charge in [0.25, 0.3) is 5.91 Å². The van der Waals surface area contributed by atoms with Gasteiger partial charge in [0.1, 0.15) is 0 Å². The number of amides is 1. The van der Waals surface area contributed by atoms with Gasteiger partial charge in [0, 0.05) is 17.6 Å². The summed E-state index contributed by atoms with van der Waals surface area (Å²) in [7, 11) is 0. The molecule has 0 aliphatic heterocycles. The van der Waals surface area contributed by atoms with Gasteiger partial charge in [-0.05, 0) is 25.0 Å². The highest BCUT2D eigenvalue weighted by atomic mass is 16.3. The fraction of sp³-hybridized carbons (Fsp3) is 0.500. The molecule has 1 aromatic rings. The van der Waals surface area contributed by atoms with Gasteiger partial charge >= 0.3 is 0 Å². The Balaban J connectivity index is 2.69. The summed E-state index contributed by atoms with van der Waals surface area (Å²) >= 11 is 0. The topological polar surface area (TPSA) is 75.3 Å². The number of nitrogens with one attached hydrogen (secondary N) is 1. The number of anilines is 1. The van der Waals surface area contributed by atoms with Gasteiger partial charge in [-0.15, -0.1) is 0 Å². The summed E-state index contributed by atoms with van der Waals surface area (Å²) in [5.41, 5.74) is 6.46. The summed E-state index contributed by atoms with van der Waals surface area (Å²) in [6, 6.07) is 6.98. The third-order valence-corrected chi connectivity index (χ3v) is 3.66. The van der Waals surface area contributed by atoms with Crippen LogP contribution in [-0.2, 0) is 0 Å². The summed E-state index contributed by atoms with van der Waals surface area (Å²) < 4.78 is 0. The Morgan fingerprint density at radius 2 is 1.94 bits per heavy atom. The molecule has 0 aliphatic carbocycles. The van der Waals surface area contributed by atoms with E-state index in [1.807, 2.05) is 13.8 Å². The van der Waals surface area contributed by atoms with Crippen LogP contribution < -0.4 is 11.1 Å². The molecule has 0 aromatic heterocycles. The summed E-state index contributed by atoms with van der Waals surface area (Å²) in [6.45, 7) is 4.57. The molecule has 0 bridgehead atoms. The fourth-order valence-electron chi connectivity index (χ4n) is 1.85. The van der Waals surface area contributed by atoms with E-state index in [1.54, 1.807) is 24.3 Å². The van der Waals surface area contributed by atoms with Crippen molar-refractivity contribution in [2.75, 3.05) is 18.9 Å². The van der Waals surface area contributed by atoms with Gasteiger partial charge in [-0.25, -0.2) is 0 Å². The van der Waals surface area contributed by atoms with E-state index in [9.17, 15) is 9.90 Å². The Morgan fingerprint density at radius 1 is 1.33 bits per heavy atom. The lowest BCUT2D eigenvalue weighted by molar-refractivity contribution is 0.0852. The molecule has 100 valence electrons. The second kappa shape index (κ2) is 6.40. The molecule has 1 amide bonds. The lowest BCUT2D eigenvalue weighted by Crippen LogP contribution is -2.39. The van der Waals surface area contributed by atoms with E-state index in [0.29, 0.717) is 17.8 Å². The van der Waals surface area contributed by atoms with Crippen molar-refractivity contribution in [3.05, 3.63) is 29.8 Å². The molecular weight excluding hydrogens is 228 g/mol. The molecular formula is C14H22N2O2. The molecule has 1 rings (SSSR count). The number of carbonyl (C=O) groups excluding carboxylic acids is 1. The Kier molecular flexibility index (Phi) is 5.16. The van der Waals surface area contributed by atoms with E-state index in [4.69, 9.17) is 5.73 Å². The molecule has 18 heavy (non-hydrogen) atoms. The van der Waals surface area contributed by atoms with Crippen LogP contribution in [-0.4, -0.2) is 24.2 Å². The Hall–Kier alpha value is -1.55. The highest BCUT2D eigenvalue weighted by molar-refractivity contribution is 5.99. The van der Waals surface area contributed by atoms with Gasteiger partial charge in [0.15, 0.2) is 0 Å². The average Bonchev–Trinajstić information content (AvgIpc) is 2.41. The molecule has 0 atom stereocenters. The fourth-order valence-corrected chi connectivity index (χ4v) is 1.85. The highest BCUT2D eigenvalue weighted by Crippen LogP contribution is 2.24. The number of benzene rings is 1. The van der Waals surface area contributed by atoms with Gasteiger partial charge in [0.2, 0.25) is 0 Å². The van der Waals surface area contributed by atoms with Crippen molar-refractivity contribution < 1.29 is 9.90 Å². The monoisotopic (exact) mass is 250 g/mol. The van der Waals surface area contributed by atoms with Gasteiger partial charge in [-0.3, -0.25) is 4.79 Å². The molecule has 4 nitrogen and oxygen atoms in total. The van der Waals surface area contributed by atoms with E-state index in [1.165, 1.54) is 0 Å². The minimum absolute atomic E-state index is 0.0740. The molecule has 0 spiro atoms. The van der Waals surface area contributed by atoms with Crippen LogP contribution >= 0.6 is 0 Å². The first-order valence-corrected chi connectivity index (χ1v) is 6.32. The first kappa shape index (κ1) is 14.5. The smallest absolute Gasteiger partial charge is 0.253 e. The van der Waals surface area contributed by atoms with Crippen molar-refractivity contribution in [3.8, 4) is 0 Å². The molecule has 0 radical (unpaired) electrons. The maximum Gasteiger partial charge on any atom is 0.253 e. The Labute approximate surface area is 108 Å². The van der Waals surface area contributed by atoms with Crippen molar-refractivity contribution in [2.24, 2.45) is 5.41 Å². The van der Waals surface area contributed by atoms with Crippen molar-refractivity contribution in [2.45, 2.75) is 26.7 Å². The quantitative estimate of drug-likeness (QED) is 0.674. The Bertz CT molecular complexity index is 392. The molecule has 0 fully saturated rings. The Morgan fingerprint density at radius 3 is 2.44 bits per heavy atom. The number of para-hydroxylation sites is 1. The summed E-state index contributed by atoms with van der Waals surface area (Å²) in [4.78, 5) is 12.0. The van der Waals surface area contributed by atoms with Crippen molar-refractivity contribution in [3.63, 3.8) is 0 Å². The van der Waals surface area contributed by atoms with Crippen LogP contribution in [0.2, 0.25) is 0 Å². The zero-order chi connectivity index (χ0) is 13.6. The minimum atomic E-state index is -0.237. The van der Waals surface area contributed by atoms with Crippen molar-refractivity contribution >= 4 is 11.6 Å². The third kappa shape index (κ3) is 3.23. The second-order valence-electron chi connectivity index (χ2n) is 4.64. The maximum absolute atomic E-state index is 12.0.